The first kappa shape index (κ1) is 17.5. The number of nitrogens with one attached hydrogen (secondary N) is 2. The molecule has 0 atom stereocenters. The van der Waals surface area contributed by atoms with Gasteiger partial charge in [-0.1, -0.05) is 53.0 Å². The Morgan fingerprint density at radius 1 is 1.04 bits per heavy atom. The molecular formula is C17H11Cl3N4O. The zero-order chi connectivity index (χ0) is 17.8. The lowest BCUT2D eigenvalue weighted by atomic mass is 10.1. The molecule has 1 heterocycles. The average molecular weight is 394 g/mol. The molecule has 25 heavy (non-hydrogen) atoms. The number of hydrogen-bond acceptors (Lipinski definition) is 3. The Hall–Kier alpha value is -2.34. The molecule has 0 aliphatic rings. The van der Waals surface area contributed by atoms with Crippen molar-refractivity contribution >= 4 is 46.9 Å². The van der Waals surface area contributed by atoms with Crippen molar-refractivity contribution in [3.05, 3.63) is 74.9 Å². The predicted octanol–water partition coefficient (Wildman–Crippen LogP) is 4.80. The van der Waals surface area contributed by atoms with Crippen LogP contribution in [-0.4, -0.2) is 22.3 Å². The maximum atomic E-state index is 12.1. The monoisotopic (exact) mass is 392 g/mol. The minimum atomic E-state index is -0.422. The highest BCUT2D eigenvalue weighted by atomic mass is 35.5. The minimum Gasteiger partial charge on any atom is -0.272 e. The quantitative estimate of drug-likeness (QED) is 0.494. The zero-order valence-electron chi connectivity index (χ0n) is 12.6. The van der Waals surface area contributed by atoms with E-state index in [0.717, 1.165) is 5.56 Å². The fourth-order valence-electron chi connectivity index (χ4n) is 2.03. The second-order valence-electron chi connectivity index (χ2n) is 5.04. The summed E-state index contributed by atoms with van der Waals surface area (Å²) < 4.78 is 0. The second kappa shape index (κ2) is 7.70. The molecule has 126 valence electrons. The number of nitrogens with zero attached hydrogens (tertiary/aromatic N) is 2. The molecule has 0 saturated heterocycles. The van der Waals surface area contributed by atoms with Crippen LogP contribution in [0.1, 0.15) is 16.1 Å². The van der Waals surface area contributed by atoms with E-state index in [9.17, 15) is 4.79 Å². The van der Waals surface area contributed by atoms with Gasteiger partial charge < -0.3 is 0 Å². The summed E-state index contributed by atoms with van der Waals surface area (Å²) in [6.07, 6.45) is 1.44. The van der Waals surface area contributed by atoms with Gasteiger partial charge in [-0.05, 0) is 30.3 Å². The van der Waals surface area contributed by atoms with Crippen LogP contribution in [0.25, 0.3) is 11.3 Å². The van der Waals surface area contributed by atoms with Crippen molar-refractivity contribution in [3.63, 3.8) is 0 Å². The molecular weight excluding hydrogens is 383 g/mol. The summed E-state index contributed by atoms with van der Waals surface area (Å²) in [7, 11) is 0. The lowest BCUT2D eigenvalue weighted by Gasteiger charge is -1.99. The Kier molecular flexibility index (Phi) is 5.38. The maximum absolute atomic E-state index is 12.1. The number of hydrogen-bond donors (Lipinski definition) is 2. The standard InChI is InChI=1S/C17H11Cl3N4O/c18-12-4-1-10(2-5-12)15-8-16(23-22-15)17(25)24-21-9-11-3-6-13(19)7-14(11)20/h1-9H,(H,22,23)(H,24,25). The summed E-state index contributed by atoms with van der Waals surface area (Å²) in [6, 6.07) is 13.8. The van der Waals surface area contributed by atoms with Gasteiger partial charge in [-0.2, -0.15) is 10.2 Å². The summed E-state index contributed by atoms with van der Waals surface area (Å²) in [5.41, 5.74) is 4.80. The highest BCUT2D eigenvalue weighted by molar-refractivity contribution is 6.36. The summed E-state index contributed by atoms with van der Waals surface area (Å²) in [5, 5.41) is 12.3. The number of H-pyrrole nitrogens is 1. The molecule has 0 spiro atoms. The molecule has 5 nitrogen and oxygen atoms in total. The molecule has 3 rings (SSSR count). The number of benzene rings is 2. The SMILES string of the molecule is O=C(NN=Cc1ccc(Cl)cc1Cl)c1cc(-c2ccc(Cl)cc2)n[nH]1. The van der Waals surface area contributed by atoms with Gasteiger partial charge in [-0.3, -0.25) is 9.89 Å². The largest absolute Gasteiger partial charge is 0.289 e. The molecule has 3 aromatic rings. The first-order valence-corrected chi connectivity index (χ1v) is 8.26. The topological polar surface area (TPSA) is 70.1 Å². The highest BCUT2D eigenvalue weighted by Crippen LogP contribution is 2.20. The number of carbonyl (C=O) groups excluding carboxylic acids is 1. The lowest BCUT2D eigenvalue weighted by Crippen LogP contribution is -2.18. The van der Waals surface area contributed by atoms with Gasteiger partial charge >= 0.3 is 0 Å². The Morgan fingerprint density at radius 3 is 2.48 bits per heavy atom. The average Bonchev–Trinajstić information content (AvgIpc) is 3.07. The minimum absolute atomic E-state index is 0.282. The van der Waals surface area contributed by atoms with Crippen LogP contribution in [0.5, 0.6) is 0 Å². The van der Waals surface area contributed by atoms with Crippen molar-refractivity contribution < 1.29 is 4.79 Å². The van der Waals surface area contributed by atoms with Crippen LogP contribution >= 0.6 is 34.8 Å². The van der Waals surface area contributed by atoms with Gasteiger partial charge in [0.15, 0.2) is 0 Å². The van der Waals surface area contributed by atoms with Gasteiger partial charge in [0, 0.05) is 21.2 Å². The van der Waals surface area contributed by atoms with E-state index in [2.05, 4.69) is 20.7 Å². The van der Waals surface area contributed by atoms with Crippen molar-refractivity contribution in [2.45, 2.75) is 0 Å². The van der Waals surface area contributed by atoms with E-state index in [0.29, 0.717) is 26.3 Å². The highest BCUT2D eigenvalue weighted by Gasteiger charge is 2.10. The molecule has 0 aliphatic heterocycles. The zero-order valence-corrected chi connectivity index (χ0v) is 14.9. The van der Waals surface area contributed by atoms with E-state index in [1.165, 1.54) is 6.21 Å². The molecule has 2 N–H and O–H groups in total. The van der Waals surface area contributed by atoms with Crippen LogP contribution in [0.4, 0.5) is 0 Å². The van der Waals surface area contributed by atoms with Gasteiger partial charge in [-0.25, -0.2) is 5.43 Å². The van der Waals surface area contributed by atoms with E-state index < -0.39 is 5.91 Å². The molecule has 0 bridgehead atoms. The van der Waals surface area contributed by atoms with Gasteiger partial charge in [-0.15, -0.1) is 0 Å². The number of hydrazone groups is 1. The third kappa shape index (κ3) is 4.39. The molecule has 0 unspecified atom stereocenters. The van der Waals surface area contributed by atoms with Gasteiger partial charge in [0.1, 0.15) is 5.69 Å². The third-order valence-corrected chi connectivity index (χ3v) is 4.11. The summed E-state index contributed by atoms with van der Waals surface area (Å²) >= 11 is 17.7. The van der Waals surface area contributed by atoms with Crippen molar-refractivity contribution in [2.24, 2.45) is 5.10 Å². The fraction of sp³-hybridized carbons (Fsp3) is 0. The summed E-state index contributed by atoms with van der Waals surface area (Å²) in [5.74, 6) is -0.422. The number of aromatic amines is 1. The van der Waals surface area contributed by atoms with E-state index in [-0.39, 0.29) is 5.69 Å². The first-order valence-electron chi connectivity index (χ1n) is 7.13. The summed E-state index contributed by atoms with van der Waals surface area (Å²) in [4.78, 5) is 12.1. The Bertz CT molecular complexity index is 935. The van der Waals surface area contributed by atoms with Crippen LogP contribution < -0.4 is 5.43 Å². The Balaban J connectivity index is 1.67. The smallest absolute Gasteiger partial charge is 0.272 e. The number of halogens is 3. The van der Waals surface area contributed by atoms with Crippen molar-refractivity contribution in [1.29, 1.82) is 0 Å². The van der Waals surface area contributed by atoms with E-state index >= 15 is 0 Å². The molecule has 1 aromatic heterocycles. The fourth-order valence-corrected chi connectivity index (χ4v) is 2.62. The second-order valence-corrected chi connectivity index (χ2v) is 6.32. The first-order chi connectivity index (χ1) is 12.0. The maximum Gasteiger partial charge on any atom is 0.289 e. The van der Waals surface area contributed by atoms with Gasteiger partial charge in [0.2, 0.25) is 0 Å². The van der Waals surface area contributed by atoms with Gasteiger partial charge in [0.25, 0.3) is 5.91 Å². The van der Waals surface area contributed by atoms with Crippen molar-refractivity contribution in [3.8, 4) is 11.3 Å². The normalized spacial score (nSPS) is 11.0. The van der Waals surface area contributed by atoms with Crippen LogP contribution in [0.2, 0.25) is 15.1 Å². The third-order valence-electron chi connectivity index (χ3n) is 3.29. The number of amides is 1. The Morgan fingerprint density at radius 2 is 1.76 bits per heavy atom. The molecule has 2 aromatic carbocycles. The number of rotatable bonds is 4. The molecule has 0 fully saturated rings. The molecule has 0 saturated carbocycles. The predicted molar refractivity (Wildman–Crippen MR) is 101 cm³/mol. The molecule has 1 amide bonds. The molecule has 8 heteroatoms. The van der Waals surface area contributed by atoms with Crippen molar-refractivity contribution in [2.75, 3.05) is 0 Å². The van der Waals surface area contributed by atoms with Crippen LogP contribution in [0.15, 0.2) is 53.6 Å². The van der Waals surface area contributed by atoms with Gasteiger partial charge in [0.05, 0.1) is 16.9 Å². The number of aromatic nitrogens is 2. The molecule has 0 aliphatic carbocycles. The van der Waals surface area contributed by atoms with Crippen LogP contribution in [0.3, 0.4) is 0 Å². The van der Waals surface area contributed by atoms with E-state index in [4.69, 9.17) is 34.8 Å². The summed E-state index contributed by atoms with van der Waals surface area (Å²) in [6.45, 7) is 0. The van der Waals surface area contributed by atoms with E-state index in [1.807, 2.05) is 12.1 Å². The molecule has 0 radical (unpaired) electrons. The van der Waals surface area contributed by atoms with Crippen LogP contribution in [0, 0.1) is 0 Å². The lowest BCUT2D eigenvalue weighted by molar-refractivity contribution is 0.0950. The Labute approximate surface area is 158 Å². The van der Waals surface area contributed by atoms with E-state index in [1.54, 1.807) is 36.4 Å². The number of carbonyl (C=O) groups is 1. The van der Waals surface area contributed by atoms with Crippen LogP contribution in [-0.2, 0) is 0 Å². The van der Waals surface area contributed by atoms with Crippen molar-refractivity contribution in [1.82, 2.24) is 15.6 Å².